The van der Waals surface area contributed by atoms with Gasteiger partial charge in [0.2, 0.25) is 0 Å². The average molecular weight is 427 g/mol. The molecule has 3 aromatic rings. The molecular formula is C25H21N3O4. The second-order valence-electron chi connectivity index (χ2n) is 7.13. The van der Waals surface area contributed by atoms with Crippen molar-refractivity contribution >= 4 is 28.9 Å². The van der Waals surface area contributed by atoms with Crippen LogP contribution in [0.4, 0.5) is 11.4 Å². The van der Waals surface area contributed by atoms with Gasteiger partial charge < -0.3 is 10.1 Å². The summed E-state index contributed by atoms with van der Waals surface area (Å²) in [5, 5.41) is 23.1. The maximum absolute atomic E-state index is 12.2. The predicted molar refractivity (Wildman–Crippen MR) is 123 cm³/mol. The molecule has 0 saturated carbocycles. The first-order valence-electron chi connectivity index (χ1n) is 9.83. The van der Waals surface area contributed by atoms with Crippen molar-refractivity contribution < 1.29 is 14.5 Å². The Hall–Kier alpha value is -4.44. The molecule has 0 aliphatic heterocycles. The lowest BCUT2D eigenvalue weighted by molar-refractivity contribution is -0.384. The van der Waals surface area contributed by atoms with Crippen LogP contribution in [0.3, 0.4) is 0 Å². The van der Waals surface area contributed by atoms with Crippen LogP contribution in [0.2, 0.25) is 0 Å². The predicted octanol–water partition coefficient (Wildman–Crippen LogP) is 5.29. The number of carbonyl (C=O) groups is 1. The van der Waals surface area contributed by atoms with E-state index in [0.717, 1.165) is 22.4 Å². The topological polar surface area (TPSA) is 105 Å². The Morgan fingerprint density at radius 1 is 1.09 bits per heavy atom. The molecule has 0 aromatic heterocycles. The number of rotatable bonds is 7. The molecule has 0 atom stereocenters. The zero-order chi connectivity index (χ0) is 23.1. The van der Waals surface area contributed by atoms with Crippen LogP contribution in [0.15, 0.2) is 66.7 Å². The van der Waals surface area contributed by atoms with Gasteiger partial charge in [-0.15, -0.1) is 0 Å². The van der Waals surface area contributed by atoms with Gasteiger partial charge in [-0.2, -0.15) is 5.26 Å². The highest BCUT2D eigenvalue weighted by Gasteiger charge is 2.08. The average Bonchev–Trinajstić information content (AvgIpc) is 2.80. The molecule has 0 saturated heterocycles. The van der Waals surface area contributed by atoms with Crippen LogP contribution < -0.4 is 10.1 Å². The van der Waals surface area contributed by atoms with Crippen LogP contribution in [0.1, 0.15) is 22.3 Å². The van der Waals surface area contributed by atoms with Crippen molar-refractivity contribution in [3.63, 3.8) is 0 Å². The zero-order valence-electron chi connectivity index (χ0n) is 17.7. The molecule has 0 aliphatic carbocycles. The van der Waals surface area contributed by atoms with E-state index < -0.39 is 4.92 Å². The molecule has 0 radical (unpaired) electrons. The minimum Gasteiger partial charge on any atom is -0.484 e. The van der Waals surface area contributed by atoms with Crippen LogP contribution in [-0.2, 0) is 4.79 Å². The number of nitrogens with one attached hydrogen (secondary N) is 1. The third-order valence-corrected chi connectivity index (χ3v) is 4.95. The maximum Gasteiger partial charge on any atom is 0.269 e. The molecule has 0 unspecified atom stereocenters. The number of hydrogen-bond donors (Lipinski definition) is 1. The van der Waals surface area contributed by atoms with Gasteiger partial charge in [-0.25, -0.2) is 0 Å². The van der Waals surface area contributed by atoms with Crippen LogP contribution in [0, 0.1) is 35.3 Å². The van der Waals surface area contributed by atoms with E-state index in [2.05, 4.69) is 11.4 Å². The number of allylic oxidation sites excluding steroid dienone is 1. The van der Waals surface area contributed by atoms with Crippen LogP contribution in [0.5, 0.6) is 5.75 Å². The Balaban J connectivity index is 1.62. The molecule has 32 heavy (non-hydrogen) atoms. The van der Waals surface area contributed by atoms with E-state index in [1.807, 2.05) is 32.0 Å². The normalized spacial score (nSPS) is 10.8. The van der Waals surface area contributed by atoms with Gasteiger partial charge in [0.05, 0.1) is 16.6 Å². The van der Waals surface area contributed by atoms with Crippen molar-refractivity contribution in [3.8, 4) is 11.8 Å². The first-order valence-corrected chi connectivity index (χ1v) is 9.83. The smallest absolute Gasteiger partial charge is 0.269 e. The number of carbonyl (C=O) groups excluding carboxylic acids is 1. The van der Waals surface area contributed by atoms with Crippen LogP contribution in [0.25, 0.3) is 11.6 Å². The van der Waals surface area contributed by atoms with Gasteiger partial charge in [0, 0.05) is 17.8 Å². The summed E-state index contributed by atoms with van der Waals surface area (Å²) in [5.74, 6) is 0.264. The molecule has 0 fully saturated rings. The van der Waals surface area contributed by atoms with E-state index in [-0.39, 0.29) is 18.2 Å². The van der Waals surface area contributed by atoms with Crippen LogP contribution in [-0.4, -0.2) is 17.4 Å². The summed E-state index contributed by atoms with van der Waals surface area (Å²) in [6.45, 7) is 3.80. The Kier molecular flexibility index (Phi) is 6.99. The number of aryl methyl sites for hydroxylation is 1. The number of non-ortho nitro benzene ring substituents is 1. The van der Waals surface area contributed by atoms with Crippen molar-refractivity contribution in [2.75, 3.05) is 11.9 Å². The summed E-state index contributed by atoms with van der Waals surface area (Å²) in [7, 11) is 0. The maximum atomic E-state index is 12.2. The van der Waals surface area contributed by atoms with Crippen molar-refractivity contribution in [2.24, 2.45) is 0 Å². The summed E-state index contributed by atoms with van der Waals surface area (Å²) in [4.78, 5) is 22.5. The zero-order valence-corrected chi connectivity index (χ0v) is 17.7. The van der Waals surface area contributed by atoms with Crippen LogP contribution >= 0.6 is 0 Å². The number of amides is 1. The van der Waals surface area contributed by atoms with Gasteiger partial charge in [0.1, 0.15) is 5.75 Å². The van der Waals surface area contributed by atoms with Gasteiger partial charge in [0.25, 0.3) is 11.6 Å². The molecule has 3 rings (SSSR count). The lowest BCUT2D eigenvalue weighted by atomic mass is 10.0. The van der Waals surface area contributed by atoms with Crippen molar-refractivity contribution in [2.45, 2.75) is 13.8 Å². The summed E-state index contributed by atoms with van der Waals surface area (Å²) in [6.07, 6.45) is 1.68. The van der Waals surface area contributed by atoms with E-state index in [9.17, 15) is 20.2 Å². The number of benzene rings is 3. The fourth-order valence-electron chi connectivity index (χ4n) is 2.99. The quantitative estimate of drug-likeness (QED) is 0.239. The minimum absolute atomic E-state index is 0.0332. The molecule has 0 spiro atoms. The van der Waals surface area contributed by atoms with Crippen molar-refractivity contribution in [1.29, 1.82) is 5.26 Å². The third kappa shape index (κ3) is 5.58. The molecule has 7 nitrogen and oxygen atoms in total. The first-order chi connectivity index (χ1) is 15.4. The van der Waals surface area contributed by atoms with E-state index in [1.165, 1.54) is 12.1 Å². The summed E-state index contributed by atoms with van der Waals surface area (Å²) in [6, 6.07) is 20.6. The molecule has 3 aromatic carbocycles. The summed E-state index contributed by atoms with van der Waals surface area (Å²) < 4.78 is 5.56. The molecule has 0 aliphatic rings. The number of nitro benzene ring substituents is 1. The number of nitriles is 1. The van der Waals surface area contributed by atoms with Crippen molar-refractivity contribution in [3.05, 3.63) is 99.1 Å². The second-order valence-corrected chi connectivity index (χ2v) is 7.13. The second kappa shape index (κ2) is 10.0. The molecule has 0 heterocycles. The number of nitro groups is 1. The van der Waals surface area contributed by atoms with Gasteiger partial charge in [-0.05, 0) is 72.5 Å². The Morgan fingerprint density at radius 2 is 1.78 bits per heavy atom. The largest absolute Gasteiger partial charge is 0.484 e. The molecule has 160 valence electrons. The third-order valence-electron chi connectivity index (χ3n) is 4.95. The SMILES string of the molecule is Cc1cccc(NC(=O)COc2ccc(/C=C(\C#N)c3ccc([N+](=O)[O-])cc3)cc2)c1C. The van der Waals surface area contributed by atoms with Gasteiger partial charge in [0.15, 0.2) is 6.61 Å². The van der Waals surface area contributed by atoms with Gasteiger partial charge in [-0.3, -0.25) is 14.9 Å². The molecule has 0 bridgehead atoms. The van der Waals surface area contributed by atoms with Gasteiger partial charge >= 0.3 is 0 Å². The van der Waals surface area contributed by atoms with Crippen molar-refractivity contribution in [1.82, 2.24) is 0 Å². The molecule has 1 amide bonds. The summed E-state index contributed by atoms with van der Waals surface area (Å²) in [5.41, 5.74) is 4.55. The fraction of sp³-hybridized carbons (Fsp3) is 0.120. The minimum atomic E-state index is -0.486. The highest BCUT2D eigenvalue weighted by atomic mass is 16.6. The number of nitrogens with zero attached hydrogens (tertiary/aromatic N) is 2. The first kappa shape index (κ1) is 22.2. The van der Waals surface area contributed by atoms with E-state index in [1.54, 1.807) is 42.5 Å². The number of hydrogen-bond acceptors (Lipinski definition) is 5. The molecular weight excluding hydrogens is 406 g/mol. The van der Waals surface area contributed by atoms with Gasteiger partial charge in [-0.1, -0.05) is 24.3 Å². The number of ether oxygens (including phenoxy) is 1. The monoisotopic (exact) mass is 427 g/mol. The standard InChI is InChI=1S/C25H21N3O4/c1-17-4-3-5-24(18(17)2)27-25(29)16-32-23-12-6-19(7-13-23)14-21(15-26)20-8-10-22(11-9-20)28(30)31/h3-14H,16H2,1-2H3,(H,27,29)/b21-14+. The summed E-state index contributed by atoms with van der Waals surface area (Å²) >= 11 is 0. The molecule has 1 N–H and O–H groups in total. The molecule has 7 heteroatoms. The van der Waals surface area contributed by atoms with E-state index in [4.69, 9.17) is 4.74 Å². The number of anilines is 1. The highest BCUT2D eigenvalue weighted by Crippen LogP contribution is 2.22. The lowest BCUT2D eigenvalue weighted by Crippen LogP contribution is -2.20. The fourth-order valence-corrected chi connectivity index (χ4v) is 2.99. The Morgan fingerprint density at radius 3 is 2.41 bits per heavy atom. The van der Waals surface area contributed by atoms with E-state index in [0.29, 0.717) is 16.9 Å². The Labute approximate surface area is 185 Å². The lowest BCUT2D eigenvalue weighted by Gasteiger charge is -2.11. The van der Waals surface area contributed by atoms with E-state index >= 15 is 0 Å². The highest BCUT2D eigenvalue weighted by molar-refractivity contribution is 5.93. The Bertz CT molecular complexity index is 1210.